The Hall–Kier alpha value is 1.22. The van der Waals surface area contributed by atoms with Crippen molar-refractivity contribution in [3.63, 3.8) is 0 Å². The van der Waals surface area contributed by atoms with Crippen LogP contribution in [0.25, 0.3) is 0 Å². The van der Waals surface area contributed by atoms with Gasteiger partial charge in [-0.15, -0.1) is 0 Å². The molecule has 0 atom stereocenters. The molecule has 0 aromatic rings. The Labute approximate surface area is 143 Å². The normalized spacial score (nSPS) is 17.1. The zero-order valence-electron chi connectivity index (χ0n) is 11.9. The molecule has 1 saturated carbocycles. The Morgan fingerprint density at radius 2 is 1.79 bits per heavy atom. The first-order valence-corrected chi connectivity index (χ1v) is 9.80. The molecule has 1 rings (SSSR count). The van der Waals surface area contributed by atoms with Gasteiger partial charge in [-0.2, -0.15) is 0 Å². The summed E-state index contributed by atoms with van der Waals surface area (Å²) in [5.41, 5.74) is 0. The smallest absolute Gasteiger partial charge is 0.739 e. The minimum absolute atomic E-state index is 0. The molecule has 1 N–H and O–H groups in total. The van der Waals surface area contributed by atoms with Gasteiger partial charge in [-0.3, -0.25) is 0 Å². The van der Waals surface area contributed by atoms with Gasteiger partial charge in [0.25, 0.3) is 0 Å². The zero-order chi connectivity index (χ0) is 13.3. The Kier molecular flexibility index (Phi) is 12.6. The molecule has 0 aromatic heterocycles. The second-order valence-corrected chi connectivity index (χ2v) is 8.37. The summed E-state index contributed by atoms with van der Waals surface area (Å²) in [6, 6.07) is 0. The fourth-order valence-electron chi connectivity index (χ4n) is 2.50. The van der Waals surface area contributed by atoms with Gasteiger partial charge in [0.15, 0.2) is 0 Å². The second-order valence-electron chi connectivity index (χ2n) is 4.98. The first kappa shape index (κ1) is 20.2. The topological polar surface area (TPSA) is 69.2 Å². The predicted octanol–water partition coefficient (Wildman–Crippen LogP) is -0.476. The molecule has 0 aliphatic heterocycles. The number of hydrogen-bond acceptors (Lipinski definition) is 5. The van der Waals surface area contributed by atoms with Crippen molar-refractivity contribution < 1.29 is 42.5 Å². The molecule has 1 aliphatic rings. The zero-order valence-corrected chi connectivity index (χ0v) is 15.5. The molecule has 0 radical (unpaired) electrons. The van der Waals surface area contributed by atoms with Crippen molar-refractivity contribution in [2.75, 3.05) is 18.8 Å². The number of unbranched alkanes of at least 4 members (excludes halogenated alkanes) is 1. The Morgan fingerprint density at radius 3 is 2.42 bits per heavy atom. The number of hydrogen-bond donors (Lipinski definition) is 1. The summed E-state index contributed by atoms with van der Waals surface area (Å²) in [5.74, 6) is 1.29. The maximum atomic E-state index is 10.3. The molecule has 0 unspecified atom stereocenters. The van der Waals surface area contributed by atoms with Crippen LogP contribution in [0.5, 0.6) is 0 Å². The van der Waals surface area contributed by atoms with Crippen LogP contribution in [-0.4, -0.2) is 31.8 Å². The molecular formula is C12H24NNaO3S2. The van der Waals surface area contributed by atoms with Crippen LogP contribution >= 0.6 is 10.8 Å². The third kappa shape index (κ3) is 12.7. The van der Waals surface area contributed by atoms with Gasteiger partial charge in [-0.05, 0) is 29.7 Å². The summed E-state index contributed by atoms with van der Waals surface area (Å²) >= 11 is 0. The van der Waals surface area contributed by atoms with Gasteiger partial charge in [0.05, 0.1) is 0 Å². The van der Waals surface area contributed by atoms with E-state index in [-0.39, 0.29) is 29.6 Å². The van der Waals surface area contributed by atoms with Crippen molar-refractivity contribution in [1.29, 1.82) is 0 Å². The quantitative estimate of drug-likeness (QED) is 0.269. The van der Waals surface area contributed by atoms with E-state index in [2.05, 4.69) is 5.32 Å². The fourth-order valence-corrected chi connectivity index (χ4v) is 3.79. The van der Waals surface area contributed by atoms with E-state index >= 15 is 0 Å². The molecule has 19 heavy (non-hydrogen) atoms. The van der Waals surface area contributed by atoms with Crippen LogP contribution in [0, 0.1) is 5.92 Å². The molecule has 0 amide bonds. The van der Waals surface area contributed by atoms with Gasteiger partial charge < -0.3 is 9.87 Å². The van der Waals surface area contributed by atoms with Crippen molar-refractivity contribution in [1.82, 2.24) is 5.32 Å². The maximum Gasteiger partial charge on any atom is 1.00 e. The van der Waals surface area contributed by atoms with Crippen molar-refractivity contribution >= 4 is 19.9 Å². The molecule has 1 aliphatic carbocycles. The molecule has 108 valence electrons. The SMILES string of the molecule is O=S(=O)([O-])SCCNCCCCC1CCCCC1.[Na+]. The van der Waals surface area contributed by atoms with Crippen LogP contribution in [0.2, 0.25) is 0 Å². The van der Waals surface area contributed by atoms with E-state index < -0.39 is 9.15 Å². The molecule has 0 spiro atoms. The standard InChI is InChI=1S/C12H25NO3S2.Na/c14-18(15,16)17-11-10-13-9-5-4-8-12-6-2-1-3-7-12;/h12-13H,1-11H2,(H,14,15,16);/q;+1/p-1. The molecule has 0 saturated heterocycles. The van der Waals surface area contributed by atoms with E-state index in [1.54, 1.807) is 0 Å². The maximum absolute atomic E-state index is 10.3. The van der Waals surface area contributed by atoms with E-state index in [1.165, 1.54) is 44.9 Å². The van der Waals surface area contributed by atoms with Crippen LogP contribution in [0.3, 0.4) is 0 Å². The van der Waals surface area contributed by atoms with E-state index in [4.69, 9.17) is 0 Å². The van der Waals surface area contributed by atoms with Crippen molar-refractivity contribution in [2.45, 2.75) is 51.4 Å². The van der Waals surface area contributed by atoms with Gasteiger partial charge >= 0.3 is 29.6 Å². The third-order valence-electron chi connectivity index (χ3n) is 3.45. The van der Waals surface area contributed by atoms with Gasteiger partial charge in [0, 0.05) is 12.3 Å². The largest absolute Gasteiger partial charge is 1.00 e. The van der Waals surface area contributed by atoms with Crippen LogP contribution in [-0.2, 0) is 9.15 Å². The summed E-state index contributed by atoms with van der Waals surface area (Å²) in [6.07, 6.45) is 10.8. The molecule has 0 heterocycles. The van der Waals surface area contributed by atoms with E-state index in [1.807, 2.05) is 0 Å². The van der Waals surface area contributed by atoms with Crippen LogP contribution in [0.1, 0.15) is 51.4 Å². The average Bonchev–Trinajstić information content (AvgIpc) is 2.32. The fraction of sp³-hybridized carbons (Fsp3) is 1.00. The summed E-state index contributed by atoms with van der Waals surface area (Å²) in [5, 5.41) is 3.17. The summed E-state index contributed by atoms with van der Waals surface area (Å²) in [6.45, 7) is 1.52. The van der Waals surface area contributed by atoms with Gasteiger partial charge in [0.2, 0.25) is 0 Å². The third-order valence-corrected chi connectivity index (χ3v) is 5.47. The Balaban J connectivity index is 0.00000324. The minimum atomic E-state index is -4.11. The van der Waals surface area contributed by atoms with E-state index in [9.17, 15) is 13.0 Å². The Morgan fingerprint density at radius 1 is 1.11 bits per heavy atom. The van der Waals surface area contributed by atoms with Crippen LogP contribution < -0.4 is 34.9 Å². The minimum Gasteiger partial charge on any atom is -0.739 e. The van der Waals surface area contributed by atoms with Gasteiger partial charge in [-0.25, -0.2) is 8.42 Å². The first-order chi connectivity index (χ1) is 8.58. The van der Waals surface area contributed by atoms with Gasteiger partial charge in [0.1, 0.15) is 9.15 Å². The molecule has 4 nitrogen and oxygen atoms in total. The monoisotopic (exact) mass is 317 g/mol. The van der Waals surface area contributed by atoms with Crippen LogP contribution in [0.15, 0.2) is 0 Å². The van der Waals surface area contributed by atoms with Crippen molar-refractivity contribution in [2.24, 2.45) is 5.92 Å². The predicted molar refractivity (Wildman–Crippen MR) is 75.5 cm³/mol. The first-order valence-electron chi connectivity index (χ1n) is 6.89. The molecule has 1 fully saturated rings. The van der Waals surface area contributed by atoms with E-state index in [0.29, 0.717) is 23.1 Å². The number of rotatable bonds is 9. The molecule has 7 heteroatoms. The van der Waals surface area contributed by atoms with E-state index in [0.717, 1.165) is 18.9 Å². The molecule has 0 aromatic carbocycles. The summed E-state index contributed by atoms with van der Waals surface area (Å²) in [4.78, 5) is 0. The molecule has 0 bridgehead atoms. The second kappa shape index (κ2) is 11.8. The van der Waals surface area contributed by atoms with Crippen molar-refractivity contribution in [3.05, 3.63) is 0 Å². The van der Waals surface area contributed by atoms with Crippen molar-refractivity contribution in [3.8, 4) is 0 Å². The summed E-state index contributed by atoms with van der Waals surface area (Å²) < 4.78 is 31.0. The Bertz CT molecular complexity index is 306. The molecular weight excluding hydrogens is 293 g/mol. The average molecular weight is 317 g/mol. The van der Waals surface area contributed by atoms with Crippen LogP contribution in [0.4, 0.5) is 0 Å². The number of nitrogens with one attached hydrogen (secondary N) is 1. The summed E-state index contributed by atoms with van der Waals surface area (Å²) in [7, 11) is -3.64. The van der Waals surface area contributed by atoms with Gasteiger partial charge in [-0.1, -0.05) is 44.9 Å².